The minimum atomic E-state index is -1.71. The first-order valence-electron chi connectivity index (χ1n) is 9.87. The summed E-state index contributed by atoms with van der Waals surface area (Å²) >= 11 is 4.56. The van der Waals surface area contributed by atoms with Gasteiger partial charge in [0.25, 0.3) is 0 Å². The number of nitrogens with zero attached hydrogens (tertiary/aromatic N) is 1. The summed E-state index contributed by atoms with van der Waals surface area (Å²) in [4.78, 5) is 15.8. The molecule has 0 aliphatic carbocycles. The molecule has 4 rings (SSSR count). The molecule has 7 heteroatoms. The van der Waals surface area contributed by atoms with Crippen LogP contribution in [0.15, 0.2) is 52.5 Å². The molecule has 1 fully saturated rings. The Kier molecular flexibility index (Phi) is 6.22. The highest BCUT2D eigenvalue weighted by Crippen LogP contribution is 2.37. The number of carbonyl (C=O) groups excluding carboxylic acids is 1. The lowest BCUT2D eigenvalue weighted by molar-refractivity contribution is -0.899. The van der Waals surface area contributed by atoms with Gasteiger partial charge in [0, 0.05) is 17.7 Å². The second kappa shape index (κ2) is 8.70. The Hall–Kier alpha value is -1.51. The normalized spacial score (nSPS) is 22.1. The molecule has 1 N–H and O–H groups in total. The van der Waals surface area contributed by atoms with E-state index in [4.69, 9.17) is 4.74 Å². The molecule has 2 atom stereocenters. The Bertz CT molecular complexity index is 871. The summed E-state index contributed by atoms with van der Waals surface area (Å²) in [7, 11) is 2.24. The van der Waals surface area contributed by atoms with Gasteiger partial charge in [-0.05, 0) is 40.8 Å². The van der Waals surface area contributed by atoms with Crippen molar-refractivity contribution in [1.29, 1.82) is 0 Å². The summed E-state index contributed by atoms with van der Waals surface area (Å²) in [6, 6.07) is 11.6. The van der Waals surface area contributed by atoms with E-state index in [1.807, 2.05) is 34.2 Å². The molecule has 1 aliphatic rings. The van der Waals surface area contributed by atoms with Gasteiger partial charge in [-0.2, -0.15) is 0 Å². The molecule has 0 radical (unpaired) electrons. The van der Waals surface area contributed by atoms with Crippen LogP contribution in [0.5, 0.6) is 0 Å². The summed E-state index contributed by atoms with van der Waals surface area (Å²) in [5, 5.41) is 17.3. The van der Waals surface area contributed by atoms with E-state index in [0.29, 0.717) is 9.75 Å². The van der Waals surface area contributed by atoms with E-state index in [2.05, 4.69) is 24.6 Å². The average Bonchev–Trinajstić information content (AvgIpc) is 3.49. The summed E-state index contributed by atoms with van der Waals surface area (Å²) in [5.74, 6) is -0.556. The molecule has 1 unspecified atom stereocenters. The van der Waals surface area contributed by atoms with E-state index in [9.17, 15) is 9.90 Å². The first-order valence-corrected chi connectivity index (χ1v) is 12.5. The number of hydrogen-bond acceptors (Lipinski definition) is 6. The van der Waals surface area contributed by atoms with E-state index in [1.54, 1.807) is 12.1 Å². The van der Waals surface area contributed by atoms with Crippen molar-refractivity contribution in [2.75, 3.05) is 26.7 Å². The van der Waals surface area contributed by atoms with E-state index < -0.39 is 11.6 Å². The van der Waals surface area contributed by atoms with Crippen LogP contribution < -0.4 is 0 Å². The number of carbonyl (C=O) groups is 1. The zero-order valence-electron chi connectivity index (χ0n) is 16.5. The molecule has 0 aromatic carbocycles. The quantitative estimate of drug-likeness (QED) is 0.408. The van der Waals surface area contributed by atoms with E-state index in [-0.39, 0.29) is 6.10 Å². The highest BCUT2D eigenvalue weighted by atomic mass is 32.1. The van der Waals surface area contributed by atoms with Gasteiger partial charge >= 0.3 is 5.97 Å². The van der Waals surface area contributed by atoms with Crippen LogP contribution in [0.4, 0.5) is 0 Å². The third-order valence-electron chi connectivity index (χ3n) is 5.66. The van der Waals surface area contributed by atoms with Crippen LogP contribution in [-0.4, -0.2) is 48.3 Å². The lowest BCUT2D eigenvalue weighted by Crippen LogP contribution is -2.45. The van der Waals surface area contributed by atoms with Crippen molar-refractivity contribution < 1.29 is 19.1 Å². The largest absolute Gasteiger partial charge is 0.453 e. The van der Waals surface area contributed by atoms with Gasteiger partial charge < -0.3 is 14.3 Å². The van der Waals surface area contributed by atoms with Crippen molar-refractivity contribution in [3.8, 4) is 0 Å². The molecule has 0 saturated carbocycles. The number of esters is 1. The Morgan fingerprint density at radius 3 is 2.38 bits per heavy atom. The number of ether oxygens (including phenoxy) is 1. The number of quaternary nitrogens is 1. The van der Waals surface area contributed by atoms with Crippen LogP contribution in [0.2, 0.25) is 0 Å². The van der Waals surface area contributed by atoms with Crippen molar-refractivity contribution in [1.82, 2.24) is 0 Å². The number of aryl methyl sites for hydroxylation is 1. The fraction of sp³-hybridized carbons (Fsp3) is 0.409. The van der Waals surface area contributed by atoms with E-state index >= 15 is 0 Å². The molecule has 154 valence electrons. The predicted molar refractivity (Wildman–Crippen MR) is 120 cm³/mol. The molecular weight excluding hydrogens is 422 g/mol. The maximum atomic E-state index is 13.1. The van der Waals surface area contributed by atoms with E-state index in [1.165, 1.54) is 27.6 Å². The maximum Gasteiger partial charge on any atom is 0.349 e. The minimum absolute atomic E-state index is 0.152. The lowest BCUT2D eigenvalue weighted by Gasteiger charge is -2.30. The van der Waals surface area contributed by atoms with Gasteiger partial charge in [-0.1, -0.05) is 18.2 Å². The molecular formula is C22H26NO3S3+. The number of likely N-dealkylation sites (N-methyl/N-ethyl adjacent to an activating group) is 1. The second-order valence-electron chi connectivity index (χ2n) is 7.91. The van der Waals surface area contributed by atoms with Crippen molar-refractivity contribution in [3.05, 3.63) is 67.2 Å². The van der Waals surface area contributed by atoms with Crippen LogP contribution in [0.3, 0.4) is 0 Å². The number of rotatable bonds is 8. The monoisotopic (exact) mass is 448 g/mol. The standard InChI is InChI=1S/C22H26NO3S3/c1-23(11-2-6-18-7-3-13-27-18)12-10-17(16-23)26-21(24)22(25,19-8-4-14-28-19)20-9-5-15-29-20/h3-5,7-9,13-15,17,25H,2,6,10-12,16H2,1H3/q+1/t17-,23?/m1/s1. The molecule has 0 bridgehead atoms. The van der Waals surface area contributed by atoms with Crippen LogP contribution in [0.25, 0.3) is 0 Å². The molecule has 3 aromatic heterocycles. The van der Waals surface area contributed by atoms with Gasteiger partial charge in [-0.3, -0.25) is 0 Å². The van der Waals surface area contributed by atoms with Crippen molar-refractivity contribution >= 4 is 40.0 Å². The number of likely N-dealkylation sites (tertiary alicyclic amines) is 1. The first kappa shape index (κ1) is 20.8. The fourth-order valence-corrected chi connectivity index (χ4v) is 6.51. The Labute approximate surface area is 183 Å². The van der Waals surface area contributed by atoms with Crippen molar-refractivity contribution in [3.63, 3.8) is 0 Å². The molecule has 3 aromatic rings. The summed E-state index contributed by atoms with van der Waals surface area (Å²) < 4.78 is 6.80. The van der Waals surface area contributed by atoms with Crippen LogP contribution in [-0.2, 0) is 21.6 Å². The van der Waals surface area contributed by atoms with Crippen LogP contribution in [0, 0.1) is 0 Å². The van der Waals surface area contributed by atoms with Gasteiger partial charge in [0.05, 0.1) is 29.9 Å². The third-order valence-corrected chi connectivity index (χ3v) is 8.55. The van der Waals surface area contributed by atoms with Gasteiger partial charge in [0.2, 0.25) is 5.60 Å². The fourth-order valence-electron chi connectivity index (χ4n) is 4.05. The van der Waals surface area contributed by atoms with Gasteiger partial charge in [0.1, 0.15) is 6.54 Å². The predicted octanol–water partition coefficient (Wildman–Crippen LogP) is 4.50. The SMILES string of the molecule is C[N+]1(CCCc2cccs2)CC[C@@H](OC(=O)C(O)(c2cccs2)c2cccs2)C1. The molecule has 1 saturated heterocycles. The molecule has 1 aliphatic heterocycles. The zero-order chi connectivity index (χ0) is 20.3. The Morgan fingerprint density at radius 2 is 1.79 bits per heavy atom. The van der Waals surface area contributed by atoms with Gasteiger partial charge in [0.15, 0.2) is 6.10 Å². The molecule has 4 heterocycles. The second-order valence-corrected chi connectivity index (χ2v) is 10.8. The summed E-state index contributed by atoms with van der Waals surface area (Å²) in [5.41, 5.74) is -1.71. The summed E-state index contributed by atoms with van der Waals surface area (Å²) in [6.07, 6.45) is 2.92. The summed E-state index contributed by atoms with van der Waals surface area (Å²) in [6.45, 7) is 2.88. The first-order chi connectivity index (χ1) is 14.0. The van der Waals surface area contributed by atoms with Crippen LogP contribution in [0.1, 0.15) is 27.5 Å². The third kappa shape index (κ3) is 4.49. The smallest absolute Gasteiger partial charge is 0.349 e. The molecule has 0 amide bonds. The topological polar surface area (TPSA) is 46.5 Å². The Balaban J connectivity index is 1.39. The molecule has 0 spiro atoms. The van der Waals surface area contributed by atoms with E-state index in [0.717, 1.165) is 43.4 Å². The Morgan fingerprint density at radius 1 is 1.14 bits per heavy atom. The minimum Gasteiger partial charge on any atom is -0.453 e. The van der Waals surface area contributed by atoms with Crippen molar-refractivity contribution in [2.24, 2.45) is 0 Å². The highest BCUT2D eigenvalue weighted by molar-refractivity contribution is 7.12. The van der Waals surface area contributed by atoms with Crippen molar-refractivity contribution in [2.45, 2.75) is 31.0 Å². The van der Waals surface area contributed by atoms with Gasteiger partial charge in [-0.15, -0.1) is 34.0 Å². The van der Waals surface area contributed by atoms with Gasteiger partial charge in [-0.25, -0.2) is 4.79 Å². The highest BCUT2D eigenvalue weighted by Gasteiger charge is 2.46. The number of aliphatic hydroxyl groups is 1. The maximum absolute atomic E-state index is 13.1. The number of hydrogen-bond donors (Lipinski definition) is 1. The average molecular weight is 449 g/mol. The lowest BCUT2D eigenvalue weighted by atomic mass is 10.00. The molecule has 29 heavy (non-hydrogen) atoms. The van der Waals surface area contributed by atoms with Crippen LogP contribution >= 0.6 is 34.0 Å². The molecule has 4 nitrogen and oxygen atoms in total. The number of thiophene rings is 3. The zero-order valence-corrected chi connectivity index (χ0v) is 18.9.